The van der Waals surface area contributed by atoms with Gasteiger partial charge in [-0.2, -0.15) is 0 Å². The van der Waals surface area contributed by atoms with Crippen LogP contribution in [0.15, 0.2) is 60.7 Å². The van der Waals surface area contributed by atoms with E-state index >= 15 is 0 Å². The van der Waals surface area contributed by atoms with Crippen molar-refractivity contribution in [3.63, 3.8) is 0 Å². The van der Waals surface area contributed by atoms with Crippen molar-refractivity contribution in [2.24, 2.45) is 0 Å². The number of hydrogen-bond acceptors (Lipinski definition) is 0. The van der Waals surface area contributed by atoms with Gasteiger partial charge < -0.3 is 0 Å². The molecule has 0 saturated heterocycles. The van der Waals surface area contributed by atoms with Crippen LogP contribution in [0, 0.1) is 0 Å². The molecule has 0 aliphatic rings. The van der Waals surface area contributed by atoms with E-state index in [0.29, 0.717) is 0 Å². The van der Waals surface area contributed by atoms with Gasteiger partial charge in [0, 0.05) is 0 Å². The predicted molar refractivity (Wildman–Crippen MR) is 66.0 cm³/mol. The Morgan fingerprint density at radius 2 is 1.00 bits per heavy atom. The van der Waals surface area contributed by atoms with Crippen LogP contribution in [0.1, 0.15) is 0 Å². The van der Waals surface area contributed by atoms with Crippen LogP contribution < -0.4 is 7.02 Å². The second-order valence-corrected chi connectivity index (χ2v) is 14.3. The minimum atomic E-state index is -5.79. The molecule has 0 saturated carbocycles. The van der Waals surface area contributed by atoms with Crippen molar-refractivity contribution >= 4 is 25.6 Å². The SMILES string of the molecule is [CH3][Sb]([F])([F])([c]1ccccc1)[c]1ccccc1. The topological polar surface area (TPSA) is 0 Å². The Labute approximate surface area is 96.6 Å². The molecule has 0 atom stereocenters. The first-order valence-corrected chi connectivity index (χ1v) is 12.1. The normalized spacial score (nSPS) is 14.1. The molecule has 0 amide bonds. The van der Waals surface area contributed by atoms with E-state index in [1.165, 1.54) is 24.3 Å². The van der Waals surface area contributed by atoms with Crippen LogP contribution >= 0.6 is 0 Å². The maximum atomic E-state index is 14.8. The first-order chi connectivity index (χ1) is 7.49. The average Bonchev–Trinajstić information content (AvgIpc) is 2.31. The summed E-state index contributed by atoms with van der Waals surface area (Å²) in [4.78, 5) is 1.15. The Morgan fingerprint density at radius 1 is 0.688 bits per heavy atom. The van der Waals surface area contributed by atoms with E-state index in [1.54, 1.807) is 36.4 Å². The maximum absolute atomic E-state index is 14.8. The molecule has 0 fully saturated rings. The molecule has 2 aromatic carbocycles. The van der Waals surface area contributed by atoms with E-state index in [0.717, 1.165) is 4.87 Å². The number of hydrogen-bond donors (Lipinski definition) is 0. The van der Waals surface area contributed by atoms with Gasteiger partial charge in [-0.05, 0) is 0 Å². The molecule has 2 rings (SSSR count). The molecule has 84 valence electrons. The van der Waals surface area contributed by atoms with Gasteiger partial charge >= 0.3 is 96.7 Å². The van der Waals surface area contributed by atoms with E-state index in [1.807, 2.05) is 0 Å². The zero-order valence-corrected chi connectivity index (χ0v) is 11.5. The van der Waals surface area contributed by atoms with Crippen molar-refractivity contribution in [3.05, 3.63) is 60.7 Å². The first kappa shape index (κ1) is 11.6. The summed E-state index contributed by atoms with van der Waals surface area (Å²) in [5.74, 6) is 0. The van der Waals surface area contributed by atoms with E-state index < -0.39 is 18.6 Å². The van der Waals surface area contributed by atoms with Gasteiger partial charge in [-0.15, -0.1) is 0 Å². The van der Waals surface area contributed by atoms with Crippen LogP contribution in [0.25, 0.3) is 0 Å². The molecule has 0 aliphatic heterocycles. The fourth-order valence-electron chi connectivity index (χ4n) is 1.68. The van der Waals surface area contributed by atoms with Crippen LogP contribution in [0.2, 0.25) is 4.87 Å². The van der Waals surface area contributed by atoms with Crippen LogP contribution in [0.5, 0.6) is 0 Å². The summed E-state index contributed by atoms with van der Waals surface area (Å²) in [7, 11) is 0. The molecule has 0 nitrogen and oxygen atoms in total. The first-order valence-electron chi connectivity index (χ1n) is 5.05. The van der Waals surface area contributed by atoms with Crippen molar-refractivity contribution in [3.8, 4) is 0 Å². The molecule has 0 spiro atoms. The summed E-state index contributed by atoms with van der Waals surface area (Å²) in [5.41, 5.74) is 0. The second-order valence-electron chi connectivity index (χ2n) is 3.97. The molecule has 2 aromatic rings. The van der Waals surface area contributed by atoms with Crippen LogP contribution in [-0.4, -0.2) is 18.6 Å². The zero-order valence-electron chi connectivity index (χ0n) is 8.98. The molecule has 0 aliphatic carbocycles. The molecule has 0 unspecified atom stereocenters. The summed E-state index contributed by atoms with van der Waals surface area (Å²) in [5, 5.41) is 0. The summed E-state index contributed by atoms with van der Waals surface area (Å²) < 4.78 is 30.0. The van der Waals surface area contributed by atoms with Crippen molar-refractivity contribution in [2.75, 3.05) is 0 Å². The third-order valence-corrected chi connectivity index (χ3v) is 11.0. The predicted octanol–water partition coefficient (Wildman–Crippen LogP) is 2.77. The molecule has 0 aromatic heterocycles. The Kier molecular flexibility index (Phi) is 2.79. The fraction of sp³-hybridized carbons (Fsp3) is 0.0769. The van der Waals surface area contributed by atoms with E-state index in [9.17, 15) is 5.63 Å². The molecule has 0 radical (unpaired) electrons. The van der Waals surface area contributed by atoms with Gasteiger partial charge in [0.25, 0.3) is 0 Å². The van der Waals surface area contributed by atoms with Gasteiger partial charge in [-0.3, -0.25) is 0 Å². The minimum absolute atomic E-state index is 0.210. The van der Waals surface area contributed by atoms with Crippen molar-refractivity contribution < 1.29 is 5.63 Å². The Bertz CT molecular complexity index is 428. The molecule has 0 heterocycles. The van der Waals surface area contributed by atoms with Crippen molar-refractivity contribution in [1.29, 1.82) is 0 Å². The average molecular weight is 329 g/mol. The number of benzene rings is 2. The van der Waals surface area contributed by atoms with Gasteiger partial charge in [-0.25, -0.2) is 0 Å². The molecule has 16 heavy (non-hydrogen) atoms. The Hall–Kier alpha value is -0.882. The van der Waals surface area contributed by atoms with Crippen LogP contribution in [0.3, 0.4) is 0 Å². The van der Waals surface area contributed by atoms with Gasteiger partial charge in [0.2, 0.25) is 0 Å². The van der Waals surface area contributed by atoms with E-state index in [4.69, 9.17) is 0 Å². The Morgan fingerprint density at radius 3 is 1.31 bits per heavy atom. The fourth-order valence-corrected chi connectivity index (χ4v) is 7.35. The zero-order chi connectivity index (χ0) is 11.7. The molecule has 0 N–H and O–H groups in total. The van der Waals surface area contributed by atoms with Gasteiger partial charge in [0.05, 0.1) is 0 Å². The van der Waals surface area contributed by atoms with Gasteiger partial charge in [0.1, 0.15) is 0 Å². The number of rotatable bonds is 2. The number of halogens is 2. The molecular formula is C13H13F2Sb. The molecule has 3 heteroatoms. The molecular weight excluding hydrogens is 316 g/mol. The third-order valence-electron chi connectivity index (χ3n) is 2.68. The van der Waals surface area contributed by atoms with Crippen LogP contribution in [0.4, 0.5) is 5.63 Å². The van der Waals surface area contributed by atoms with E-state index in [-0.39, 0.29) is 7.02 Å². The van der Waals surface area contributed by atoms with Crippen molar-refractivity contribution in [2.45, 2.75) is 4.87 Å². The summed E-state index contributed by atoms with van der Waals surface area (Å²) in [6.07, 6.45) is 0. The van der Waals surface area contributed by atoms with Crippen LogP contribution in [-0.2, 0) is 0 Å². The quantitative estimate of drug-likeness (QED) is 0.744. The standard InChI is InChI=1S/2C6H5.CH3.2FH.Sb/c2*1-2-4-6-5-3-1;;;;/h2*1-5H;1H3;2*1H;/q;;;;;+2/p-2. The van der Waals surface area contributed by atoms with Gasteiger partial charge in [0.15, 0.2) is 0 Å². The van der Waals surface area contributed by atoms with E-state index in [2.05, 4.69) is 0 Å². The summed E-state index contributed by atoms with van der Waals surface area (Å²) >= 11 is -5.79. The van der Waals surface area contributed by atoms with Gasteiger partial charge in [-0.1, -0.05) is 0 Å². The third kappa shape index (κ3) is 1.99. The van der Waals surface area contributed by atoms with Crippen molar-refractivity contribution in [1.82, 2.24) is 0 Å². The molecule has 0 bridgehead atoms. The Balaban J connectivity index is 2.60. The summed E-state index contributed by atoms with van der Waals surface area (Å²) in [6, 6.07) is 16.4. The second kappa shape index (κ2) is 3.85. The monoisotopic (exact) mass is 328 g/mol. The summed E-state index contributed by atoms with van der Waals surface area (Å²) in [6.45, 7) is 0.